The molecule has 52 heavy (non-hydrogen) atoms. The molecule has 3 aromatic heterocycles. The van der Waals surface area contributed by atoms with Crippen LogP contribution in [-0.4, -0.2) is 72.7 Å². The second kappa shape index (κ2) is 14.6. The SMILES string of the molecule is O=C(CN(CCCNc1n[nH]c(=O)c2ccccc12)CC(=O)Nc1cc(C2CC2)nn1-c1ccccc1)Nc1cc(C2CC2)nn1-c1ccccc1. The van der Waals surface area contributed by atoms with Gasteiger partial charge in [-0.15, -0.1) is 0 Å². The van der Waals surface area contributed by atoms with Crippen LogP contribution < -0.4 is 21.5 Å². The number of rotatable bonds is 15. The highest BCUT2D eigenvalue weighted by atomic mass is 16.2. The van der Waals surface area contributed by atoms with Crippen molar-refractivity contribution < 1.29 is 9.59 Å². The normalized spacial score (nSPS) is 14.1. The van der Waals surface area contributed by atoms with Crippen molar-refractivity contribution in [1.29, 1.82) is 0 Å². The summed E-state index contributed by atoms with van der Waals surface area (Å²) in [6.07, 6.45) is 4.95. The Morgan fingerprint density at radius 1 is 0.712 bits per heavy atom. The maximum absolute atomic E-state index is 13.7. The van der Waals surface area contributed by atoms with Crippen molar-refractivity contribution in [1.82, 2.24) is 34.7 Å². The summed E-state index contributed by atoms with van der Waals surface area (Å²) in [5.41, 5.74) is 3.39. The van der Waals surface area contributed by atoms with Crippen LogP contribution in [0.3, 0.4) is 0 Å². The van der Waals surface area contributed by atoms with Crippen molar-refractivity contribution >= 4 is 40.0 Å². The van der Waals surface area contributed by atoms with Gasteiger partial charge in [-0.2, -0.15) is 15.3 Å². The fourth-order valence-corrected chi connectivity index (χ4v) is 6.41. The van der Waals surface area contributed by atoms with Gasteiger partial charge in [0.05, 0.1) is 41.2 Å². The molecular weight excluding hydrogens is 656 g/mol. The number of nitrogens with zero attached hydrogens (tertiary/aromatic N) is 6. The highest BCUT2D eigenvalue weighted by Crippen LogP contribution is 2.41. The minimum absolute atomic E-state index is 0.0166. The largest absolute Gasteiger partial charge is 0.368 e. The number of anilines is 3. The maximum atomic E-state index is 13.7. The first-order valence-corrected chi connectivity index (χ1v) is 17.8. The third-order valence-electron chi connectivity index (χ3n) is 9.36. The zero-order chi connectivity index (χ0) is 35.4. The van der Waals surface area contributed by atoms with Crippen LogP contribution in [0.4, 0.5) is 17.5 Å². The summed E-state index contributed by atoms with van der Waals surface area (Å²) in [6.45, 7) is 0.903. The number of carbonyl (C=O) groups is 2. The quantitative estimate of drug-likeness (QED) is 0.104. The predicted molar refractivity (Wildman–Crippen MR) is 200 cm³/mol. The first kappa shape index (κ1) is 33.1. The third-order valence-corrected chi connectivity index (χ3v) is 9.36. The topological polar surface area (TPSA) is 155 Å². The Kier molecular flexibility index (Phi) is 9.32. The van der Waals surface area contributed by atoms with E-state index in [1.54, 1.807) is 15.4 Å². The van der Waals surface area contributed by atoms with Gasteiger partial charge in [0.25, 0.3) is 5.56 Å². The molecule has 3 heterocycles. The van der Waals surface area contributed by atoms with Gasteiger partial charge in [-0.05, 0) is 62.4 Å². The molecule has 2 aliphatic rings. The van der Waals surface area contributed by atoms with E-state index in [4.69, 9.17) is 10.2 Å². The molecule has 0 unspecified atom stereocenters. The van der Waals surface area contributed by atoms with Crippen molar-refractivity contribution in [2.24, 2.45) is 0 Å². The van der Waals surface area contributed by atoms with Crippen LogP contribution in [0.15, 0.2) is 102 Å². The van der Waals surface area contributed by atoms with Crippen molar-refractivity contribution in [3.8, 4) is 11.4 Å². The number of benzene rings is 3. The number of amides is 2. The van der Waals surface area contributed by atoms with E-state index in [0.717, 1.165) is 53.8 Å². The number of aromatic nitrogens is 6. The number of nitrogens with one attached hydrogen (secondary N) is 4. The van der Waals surface area contributed by atoms with E-state index >= 15 is 0 Å². The average molecular weight is 697 g/mol. The summed E-state index contributed by atoms with van der Waals surface area (Å²) >= 11 is 0. The van der Waals surface area contributed by atoms with Gasteiger partial charge in [0.1, 0.15) is 11.6 Å². The van der Waals surface area contributed by atoms with Crippen LogP contribution in [-0.2, 0) is 9.59 Å². The molecule has 264 valence electrons. The molecule has 0 aliphatic heterocycles. The number of hydrogen-bond donors (Lipinski definition) is 4. The first-order chi connectivity index (χ1) is 25.5. The lowest BCUT2D eigenvalue weighted by molar-refractivity contribution is -0.120. The van der Waals surface area contributed by atoms with Gasteiger partial charge >= 0.3 is 0 Å². The minimum Gasteiger partial charge on any atom is -0.368 e. The standard InChI is InChI=1S/C39H40N10O3/c50-36(41-34-22-32(26-16-17-26)45-48(34)28-10-3-1-4-11-28)24-47(21-9-20-40-38-30-14-7-8-15-31(30)39(52)44-43-38)25-37(51)42-35-23-33(27-18-19-27)46-49(35)29-12-5-2-6-13-29/h1-8,10-15,22-23,26-27H,9,16-21,24-25H2,(H,40,43)(H,41,50)(H,42,51)(H,44,52). The highest BCUT2D eigenvalue weighted by molar-refractivity contribution is 5.94. The van der Waals surface area contributed by atoms with Crippen molar-refractivity contribution in [2.75, 3.05) is 42.1 Å². The Morgan fingerprint density at radius 2 is 1.21 bits per heavy atom. The summed E-state index contributed by atoms with van der Waals surface area (Å²) in [5, 5.41) is 27.1. The number of para-hydroxylation sites is 2. The minimum atomic E-state index is -0.251. The molecule has 13 heteroatoms. The predicted octanol–water partition coefficient (Wildman–Crippen LogP) is 5.43. The molecule has 13 nitrogen and oxygen atoms in total. The molecule has 6 aromatic rings. The van der Waals surface area contributed by atoms with E-state index in [1.165, 1.54) is 0 Å². The van der Waals surface area contributed by atoms with Crippen molar-refractivity contribution in [3.05, 3.63) is 119 Å². The van der Waals surface area contributed by atoms with Gasteiger partial charge in [0.15, 0.2) is 5.82 Å². The summed E-state index contributed by atoms with van der Waals surface area (Å²) in [4.78, 5) is 41.5. The fraction of sp³-hybridized carbons (Fsp3) is 0.282. The first-order valence-electron chi connectivity index (χ1n) is 17.8. The van der Waals surface area contributed by atoms with E-state index in [0.29, 0.717) is 54.2 Å². The van der Waals surface area contributed by atoms with Crippen LogP contribution in [0.5, 0.6) is 0 Å². The number of carbonyl (C=O) groups excluding carboxylic acids is 2. The Labute approximate surface area is 300 Å². The molecule has 2 amide bonds. The lowest BCUT2D eigenvalue weighted by Gasteiger charge is -2.22. The molecule has 8 rings (SSSR count). The zero-order valence-corrected chi connectivity index (χ0v) is 28.7. The van der Waals surface area contributed by atoms with Gasteiger partial charge in [-0.25, -0.2) is 14.5 Å². The molecular formula is C39H40N10O3. The summed E-state index contributed by atoms with van der Waals surface area (Å²) in [6, 6.07) is 30.7. The lowest BCUT2D eigenvalue weighted by Crippen LogP contribution is -2.40. The second-order valence-corrected chi connectivity index (χ2v) is 13.5. The molecule has 2 saturated carbocycles. The van der Waals surface area contributed by atoms with Crippen LogP contribution in [0, 0.1) is 0 Å². The molecule has 0 bridgehead atoms. The molecule has 3 aromatic carbocycles. The molecule has 0 radical (unpaired) electrons. The van der Waals surface area contributed by atoms with Crippen LogP contribution >= 0.6 is 0 Å². The maximum Gasteiger partial charge on any atom is 0.272 e. The van der Waals surface area contributed by atoms with Gasteiger partial charge in [0, 0.05) is 42.4 Å². The van der Waals surface area contributed by atoms with Crippen molar-refractivity contribution in [2.45, 2.75) is 43.9 Å². The van der Waals surface area contributed by atoms with Crippen LogP contribution in [0.1, 0.15) is 55.3 Å². The zero-order valence-electron chi connectivity index (χ0n) is 28.7. The number of H-pyrrole nitrogens is 1. The van der Waals surface area contributed by atoms with E-state index < -0.39 is 0 Å². The Bertz CT molecular complexity index is 2150. The summed E-state index contributed by atoms with van der Waals surface area (Å²) in [7, 11) is 0. The third kappa shape index (κ3) is 7.64. The summed E-state index contributed by atoms with van der Waals surface area (Å²) in [5.74, 6) is 2.08. The average Bonchev–Trinajstić information content (AvgIpc) is 4.11. The Morgan fingerprint density at radius 3 is 1.73 bits per heavy atom. The monoisotopic (exact) mass is 696 g/mol. The van der Waals surface area contributed by atoms with Crippen LogP contribution in [0.25, 0.3) is 22.1 Å². The fourth-order valence-electron chi connectivity index (χ4n) is 6.41. The molecule has 2 aliphatic carbocycles. The van der Waals surface area contributed by atoms with Gasteiger partial charge in [-0.3, -0.25) is 19.3 Å². The van der Waals surface area contributed by atoms with E-state index in [9.17, 15) is 14.4 Å². The molecule has 0 spiro atoms. The number of hydrogen-bond acceptors (Lipinski definition) is 8. The van der Waals surface area contributed by atoms with Crippen molar-refractivity contribution in [3.63, 3.8) is 0 Å². The van der Waals surface area contributed by atoms with Crippen LogP contribution in [0.2, 0.25) is 0 Å². The summed E-state index contributed by atoms with van der Waals surface area (Å²) < 4.78 is 3.55. The van der Waals surface area contributed by atoms with E-state index in [-0.39, 0.29) is 30.5 Å². The van der Waals surface area contributed by atoms with Gasteiger partial charge in [-0.1, -0.05) is 54.6 Å². The van der Waals surface area contributed by atoms with E-state index in [2.05, 4.69) is 26.1 Å². The highest BCUT2D eigenvalue weighted by Gasteiger charge is 2.29. The second-order valence-electron chi connectivity index (χ2n) is 13.5. The van der Waals surface area contributed by atoms with E-state index in [1.807, 2.05) is 95.9 Å². The van der Waals surface area contributed by atoms with Gasteiger partial charge < -0.3 is 16.0 Å². The molecule has 0 saturated heterocycles. The lowest BCUT2D eigenvalue weighted by atomic mass is 10.2. The number of aromatic amines is 1. The number of fused-ring (bicyclic) bond motifs is 1. The van der Waals surface area contributed by atoms with Gasteiger partial charge in [0.2, 0.25) is 11.8 Å². The molecule has 4 N–H and O–H groups in total. The molecule has 2 fully saturated rings. The Hall–Kier alpha value is -6.08. The smallest absolute Gasteiger partial charge is 0.272 e. The Balaban J connectivity index is 0.982. The molecule has 0 atom stereocenters.